The molecular weight excluding hydrogens is 314 g/mol. The molecule has 3 heteroatoms. The molecule has 1 saturated carbocycles. The maximum atomic E-state index is 5.80. The fourth-order valence-electron chi connectivity index (χ4n) is 3.52. The molecule has 2 nitrogen and oxygen atoms in total. The second-order valence-electron chi connectivity index (χ2n) is 6.10. The van der Waals surface area contributed by atoms with E-state index >= 15 is 0 Å². The highest BCUT2D eigenvalue weighted by Gasteiger charge is 2.29. The Hall–Kier alpha value is -0.280. The molecule has 1 fully saturated rings. The lowest BCUT2D eigenvalue weighted by molar-refractivity contribution is 0.198. The Morgan fingerprint density at radius 2 is 2.00 bits per heavy atom. The van der Waals surface area contributed by atoms with Gasteiger partial charge in [0.25, 0.3) is 0 Å². The number of unbranched alkanes of at least 4 members (excludes halogenated alkanes) is 1. The molecule has 0 aromatic carbocycles. The molecule has 2 rings (SSSR count). The quantitative estimate of drug-likeness (QED) is 0.689. The van der Waals surface area contributed by atoms with Gasteiger partial charge in [-0.25, -0.2) is 0 Å². The second-order valence-corrected chi connectivity index (χ2v) is 6.88. The minimum absolute atomic E-state index is 0.387. The van der Waals surface area contributed by atoms with Gasteiger partial charge < -0.3 is 9.73 Å². The SMILES string of the molecule is CCCCC1CCC(C(NCC)c2ccc(Br)o2)CC1. The van der Waals surface area contributed by atoms with Gasteiger partial charge in [-0.1, -0.05) is 46.0 Å². The van der Waals surface area contributed by atoms with Gasteiger partial charge in [0.1, 0.15) is 5.76 Å². The summed E-state index contributed by atoms with van der Waals surface area (Å²) in [6, 6.07) is 4.51. The van der Waals surface area contributed by atoms with E-state index in [1.54, 1.807) is 0 Å². The molecule has 20 heavy (non-hydrogen) atoms. The van der Waals surface area contributed by atoms with Gasteiger partial charge in [0, 0.05) is 0 Å². The van der Waals surface area contributed by atoms with Crippen LogP contribution in [-0.4, -0.2) is 6.54 Å². The average Bonchev–Trinajstić information content (AvgIpc) is 2.89. The van der Waals surface area contributed by atoms with Crippen LogP contribution in [0.5, 0.6) is 0 Å². The van der Waals surface area contributed by atoms with Crippen LogP contribution in [0.15, 0.2) is 21.2 Å². The van der Waals surface area contributed by atoms with Crippen LogP contribution < -0.4 is 5.32 Å². The number of halogens is 1. The van der Waals surface area contributed by atoms with Crippen molar-refractivity contribution in [3.63, 3.8) is 0 Å². The maximum absolute atomic E-state index is 5.80. The lowest BCUT2D eigenvalue weighted by Crippen LogP contribution is -2.30. The predicted molar refractivity (Wildman–Crippen MR) is 87.8 cm³/mol. The smallest absolute Gasteiger partial charge is 0.169 e. The van der Waals surface area contributed by atoms with Gasteiger partial charge >= 0.3 is 0 Å². The lowest BCUT2D eigenvalue weighted by Gasteiger charge is -2.33. The van der Waals surface area contributed by atoms with Crippen molar-refractivity contribution in [2.24, 2.45) is 11.8 Å². The van der Waals surface area contributed by atoms with Gasteiger partial charge in [-0.2, -0.15) is 0 Å². The van der Waals surface area contributed by atoms with Crippen molar-refractivity contribution < 1.29 is 4.42 Å². The Bertz CT molecular complexity index is 382. The van der Waals surface area contributed by atoms with Crippen molar-refractivity contribution in [2.45, 2.75) is 64.8 Å². The Labute approximate surface area is 131 Å². The fourth-order valence-corrected chi connectivity index (χ4v) is 3.84. The van der Waals surface area contributed by atoms with Gasteiger partial charge in [-0.15, -0.1) is 0 Å². The third kappa shape index (κ3) is 4.36. The topological polar surface area (TPSA) is 25.2 Å². The Balaban J connectivity index is 1.91. The Morgan fingerprint density at radius 3 is 2.55 bits per heavy atom. The minimum atomic E-state index is 0.387. The average molecular weight is 342 g/mol. The third-order valence-corrected chi connectivity index (χ3v) is 5.08. The van der Waals surface area contributed by atoms with Gasteiger partial charge in [0.2, 0.25) is 0 Å². The van der Waals surface area contributed by atoms with Gasteiger partial charge in [-0.05, 0) is 59.3 Å². The van der Waals surface area contributed by atoms with E-state index < -0.39 is 0 Å². The van der Waals surface area contributed by atoms with Crippen molar-refractivity contribution in [2.75, 3.05) is 6.54 Å². The van der Waals surface area contributed by atoms with E-state index in [1.807, 2.05) is 6.07 Å². The van der Waals surface area contributed by atoms with E-state index in [0.717, 1.165) is 28.8 Å². The maximum Gasteiger partial charge on any atom is 0.169 e. The first-order chi connectivity index (χ1) is 9.74. The van der Waals surface area contributed by atoms with E-state index in [4.69, 9.17) is 4.42 Å². The molecule has 0 saturated heterocycles. The summed E-state index contributed by atoms with van der Waals surface area (Å²) < 4.78 is 6.64. The van der Waals surface area contributed by atoms with Crippen molar-refractivity contribution in [1.29, 1.82) is 0 Å². The zero-order chi connectivity index (χ0) is 14.4. The van der Waals surface area contributed by atoms with Crippen molar-refractivity contribution in [3.8, 4) is 0 Å². The zero-order valence-electron chi connectivity index (χ0n) is 12.8. The van der Waals surface area contributed by atoms with Crippen LogP contribution in [0.2, 0.25) is 0 Å². The normalized spacial score (nSPS) is 24.8. The van der Waals surface area contributed by atoms with E-state index in [-0.39, 0.29) is 0 Å². The first-order valence-electron chi connectivity index (χ1n) is 8.23. The summed E-state index contributed by atoms with van der Waals surface area (Å²) >= 11 is 3.42. The predicted octanol–water partition coefficient (Wildman–Crippen LogP) is 5.69. The highest BCUT2D eigenvalue weighted by molar-refractivity contribution is 9.10. The number of rotatable bonds is 7. The lowest BCUT2D eigenvalue weighted by atomic mass is 9.76. The summed E-state index contributed by atoms with van der Waals surface area (Å²) in [7, 11) is 0. The molecule has 1 aliphatic carbocycles. The largest absolute Gasteiger partial charge is 0.453 e. The van der Waals surface area contributed by atoms with Gasteiger partial charge in [0.05, 0.1) is 6.04 Å². The molecule has 1 aromatic rings. The second kappa shape index (κ2) is 8.23. The highest BCUT2D eigenvalue weighted by atomic mass is 79.9. The van der Waals surface area contributed by atoms with Crippen LogP contribution in [0, 0.1) is 11.8 Å². The number of hydrogen-bond donors (Lipinski definition) is 1. The molecule has 0 spiro atoms. The molecule has 0 amide bonds. The molecule has 0 aliphatic heterocycles. The number of nitrogens with one attached hydrogen (secondary N) is 1. The molecule has 114 valence electrons. The molecule has 1 aromatic heterocycles. The Kier molecular flexibility index (Phi) is 6.63. The van der Waals surface area contributed by atoms with Gasteiger partial charge in [-0.3, -0.25) is 0 Å². The summed E-state index contributed by atoms with van der Waals surface area (Å²) in [6.07, 6.45) is 9.64. The molecule has 1 atom stereocenters. The van der Waals surface area contributed by atoms with Crippen LogP contribution in [-0.2, 0) is 0 Å². The first-order valence-corrected chi connectivity index (χ1v) is 9.02. The summed E-state index contributed by atoms with van der Waals surface area (Å²) in [6.45, 7) is 5.47. The zero-order valence-corrected chi connectivity index (χ0v) is 14.4. The molecular formula is C17H28BrNO. The summed E-state index contributed by atoms with van der Waals surface area (Å²) in [5.74, 6) is 2.79. The number of hydrogen-bond acceptors (Lipinski definition) is 2. The Morgan fingerprint density at radius 1 is 1.25 bits per heavy atom. The van der Waals surface area contributed by atoms with Crippen LogP contribution in [0.3, 0.4) is 0 Å². The molecule has 0 radical (unpaired) electrons. The third-order valence-electron chi connectivity index (χ3n) is 4.65. The summed E-state index contributed by atoms with van der Waals surface area (Å²) in [5.41, 5.74) is 0. The minimum Gasteiger partial charge on any atom is -0.453 e. The molecule has 1 N–H and O–H groups in total. The van der Waals surface area contributed by atoms with Gasteiger partial charge in [0.15, 0.2) is 4.67 Å². The van der Waals surface area contributed by atoms with E-state index in [0.29, 0.717) is 6.04 Å². The summed E-state index contributed by atoms with van der Waals surface area (Å²) in [5, 5.41) is 3.63. The van der Waals surface area contributed by atoms with E-state index in [2.05, 4.69) is 41.2 Å². The van der Waals surface area contributed by atoms with Crippen LogP contribution in [0.4, 0.5) is 0 Å². The van der Waals surface area contributed by atoms with Crippen molar-refractivity contribution >= 4 is 15.9 Å². The van der Waals surface area contributed by atoms with E-state index in [9.17, 15) is 0 Å². The molecule has 1 heterocycles. The molecule has 1 unspecified atom stereocenters. The number of furan rings is 1. The molecule has 0 bridgehead atoms. The van der Waals surface area contributed by atoms with Crippen LogP contribution in [0.1, 0.15) is 70.6 Å². The monoisotopic (exact) mass is 341 g/mol. The first kappa shape index (κ1) is 16.1. The van der Waals surface area contributed by atoms with Crippen LogP contribution >= 0.6 is 15.9 Å². The molecule has 1 aliphatic rings. The standard InChI is InChI=1S/C17H28BrNO/c1-3-5-6-13-7-9-14(10-8-13)17(19-4-2)15-11-12-16(18)20-15/h11-14,17,19H,3-10H2,1-2H3. The van der Waals surface area contributed by atoms with Crippen molar-refractivity contribution in [1.82, 2.24) is 5.32 Å². The van der Waals surface area contributed by atoms with Crippen molar-refractivity contribution in [3.05, 3.63) is 22.6 Å². The van der Waals surface area contributed by atoms with E-state index in [1.165, 1.54) is 44.9 Å². The van der Waals surface area contributed by atoms with Crippen LogP contribution in [0.25, 0.3) is 0 Å². The highest BCUT2D eigenvalue weighted by Crippen LogP contribution is 2.39. The fraction of sp³-hybridized carbons (Fsp3) is 0.765. The summed E-state index contributed by atoms with van der Waals surface area (Å²) in [4.78, 5) is 0.